The van der Waals surface area contributed by atoms with E-state index in [1.165, 1.54) is 56.9 Å². The Balaban J connectivity index is 2.60. The zero-order valence-corrected chi connectivity index (χ0v) is 13.7. The third-order valence-electron chi connectivity index (χ3n) is 3.84. The summed E-state index contributed by atoms with van der Waals surface area (Å²) < 4.78 is 0. The van der Waals surface area contributed by atoms with Gasteiger partial charge in [-0.25, -0.2) is 9.97 Å². The Morgan fingerprint density at radius 1 is 0.900 bits per heavy atom. The van der Waals surface area contributed by atoms with Gasteiger partial charge in [0.2, 0.25) is 5.95 Å². The normalized spacial score (nSPS) is 12.4. The van der Waals surface area contributed by atoms with Gasteiger partial charge in [-0.15, -0.1) is 0 Å². The van der Waals surface area contributed by atoms with Gasteiger partial charge in [-0.3, -0.25) is 0 Å². The van der Waals surface area contributed by atoms with Crippen molar-refractivity contribution >= 4 is 5.95 Å². The molecule has 1 rings (SSSR count). The number of aromatic nitrogens is 2. The average Bonchev–Trinajstić information content (AvgIpc) is 2.47. The Labute approximate surface area is 124 Å². The first-order valence-electron chi connectivity index (χ1n) is 8.18. The molecule has 1 aromatic rings. The lowest BCUT2D eigenvalue weighted by molar-refractivity contribution is 0.506. The van der Waals surface area contributed by atoms with E-state index in [9.17, 15) is 0 Å². The lowest BCUT2D eigenvalue weighted by Crippen LogP contribution is -2.13. The molecule has 0 fully saturated rings. The summed E-state index contributed by atoms with van der Waals surface area (Å²) in [6.07, 6.45) is 14.5. The highest BCUT2D eigenvalue weighted by atomic mass is 15.2. The minimum absolute atomic E-state index is 0.642. The Morgan fingerprint density at radius 2 is 1.50 bits per heavy atom. The van der Waals surface area contributed by atoms with E-state index in [1.54, 1.807) is 0 Å². The van der Waals surface area contributed by atoms with Crippen molar-refractivity contribution in [2.24, 2.45) is 0 Å². The number of nitrogens with zero attached hydrogens (tertiary/aromatic N) is 3. The first-order valence-corrected chi connectivity index (χ1v) is 8.18. The second-order valence-electron chi connectivity index (χ2n) is 5.90. The van der Waals surface area contributed by atoms with E-state index < -0.39 is 0 Å². The SMILES string of the molecule is CCCCCCC(CCCC)c1cnc(N(C)C)nc1. The zero-order chi connectivity index (χ0) is 14.8. The molecule has 0 saturated heterocycles. The molecule has 0 aliphatic heterocycles. The molecule has 0 amide bonds. The summed E-state index contributed by atoms with van der Waals surface area (Å²) in [6.45, 7) is 4.53. The van der Waals surface area contributed by atoms with Gasteiger partial charge in [0.1, 0.15) is 0 Å². The van der Waals surface area contributed by atoms with E-state index in [0.717, 1.165) is 5.95 Å². The van der Waals surface area contributed by atoms with Crippen LogP contribution in [-0.4, -0.2) is 24.1 Å². The molecular formula is C17H31N3. The highest BCUT2D eigenvalue weighted by Gasteiger charge is 2.12. The third kappa shape index (κ3) is 5.89. The van der Waals surface area contributed by atoms with Crippen molar-refractivity contribution in [2.45, 2.75) is 71.1 Å². The van der Waals surface area contributed by atoms with E-state index in [-0.39, 0.29) is 0 Å². The summed E-state index contributed by atoms with van der Waals surface area (Å²) in [4.78, 5) is 10.9. The molecule has 1 heterocycles. The van der Waals surface area contributed by atoms with Crippen LogP contribution in [0, 0.1) is 0 Å². The molecular weight excluding hydrogens is 246 g/mol. The minimum Gasteiger partial charge on any atom is -0.347 e. The largest absolute Gasteiger partial charge is 0.347 e. The van der Waals surface area contributed by atoms with Crippen LogP contribution in [0.4, 0.5) is 5.95 Å². The third-order valence-corrected chi connectivity index (χ3v) is 3.84. The topological polar surface area (TPSA) is 29.0 Å². The maximum atomic E-state index is 4.47. The first kappa shape index (κ1) is 16.9. The van der Waals surface area contributed by atoms with Crippen molar-refractivity contribution in [3.05, 3.63) is 18.0 Å². The first-order chi connectivity index (χ1) is 9.69. The van der Waals surface area contributed by atoms with Crippen molar-refractivity contribution in [3.8, 4) is 0 Å². The number of hydrogen-bond donors (Lipinski definition) is 0. The predicted molar refractivity (Wildman–Crippen MR) is 87.4 cm³/mol. The summed E-state index contributed by atoms with van der Waals surface area (Å²) in [6, 6.07) is 0. The number of unbranched alkanes of at least 4 members (excludes halogenated alkanes) is 4. The molecule has 114 valence electrons. The molecule has 1 unspecified atom stereocenters. The van der Waals surface area contributed by atoms with Gasteiger partial charge in [0, 0.05) is 26.5 Å². The van der Waals surface area contributed by atoms with Crippen LogP contribution in [0.25, 0.3) is 0 Å². The fraction of sp³-hybridized carbons (Fsp3) is 0.765. The molecule has 20 heavy (non-hydrogen) atoms. The van der Waals surface area contributed by atoms with E-state index >= 15 is 0 Å². The van der Waals surface area contributed by atoms with E-state index in [1.807, 2.05) is 31.4 Å². The summed E-state index contributed by atoms with van der Waals surface area (Å²) in [5.74, 6) is 1.44. The monoisotopic (exact) mass is 277 g/mol. The van der Waals surface area contributed by atoms with Crippen LogP contribution in [0.1, 0.15) is 76.7 Å². The standard InChI is InChI=1S/C17H31N3/c1-5-7-9-10-12-15(11-8-6-2)16-13-18-17(19-14-16)20(3)4/h13-15H,5-12H2,1-4H3. The molecule has 0 N–H and O–H groups in total. The molecule has 0 spiro atoms. The zero-order valence-electron chi connectivity index (χ0n) is 13.7. The average molecular weight is 277 g/mol. The molecule has 3 heteroatoms. The smallest absolute Gasteiger partial charge is 0.224 e. The predicted octanol–water partition coefficient (Wildman–Crippen LogP) is 4.79. The van der Waals surface area contributed by atoms with Crippen molar-refractivity contribution in [1.29, 1.82) is 0 Å². The second-order valence-corrected chi connectivity index (χ2v) is 5.90. The molecule has 0 aliphatic carbocycles. The number of anilines is 1. The van der Waals surface area contributed by atoms with Crippen LogP contribution in [-0.2, 0) is 0 Å². The molecule has 1 aromatic heterocycles. The van der Waals surface area contributed by atoms with Crippen molar-refractivity contribution in [1.82, 2.24) is 9.97 Å². The minimum atomic E-state index is 0.642. The number of rotatable bonds is 10. The molecule has 0 aliphatic rings. The lowest BCUT2D eigenvalue weighted by atomic mass is 9.90. The summed E-state index contributed by atoms with van der Waals surface area (Å²) in [5.41, 5.74) is 1.32. The maximum absolute atomic E-state index is 4.47. The van der Waals surface area contributed by atoms with Crippen LogP contribution in [0.3, 0.4) is 0 Å². The van der Waals surface area contributed by atoms with E-state index in [0.29, 0.717) is 5.92 Å². The van der Waals surface area contributed by atoms with Crippen LogP contribution in [0.2, 0.25) is 0 Å². The molecule has 1 atom stereocenters. The van der Waals surface area contributed by atoms with Gasteiger partial charge in [-0.05, 0) is 24.3 Å². The summed E-state index contributed by atoms with van der Waals surface area (Å²) >= 11 is 0. The Morgan fingerprint density at radius 3 is 2.05 bits per heavy atom. The fourth-order valence-electron chi connectivity index (χ4n) is 2.52. The lowest BCUT2D eigenvalue weighted by Gasteiger charge is -2.17. The molecule has 0 aromatic carbocycles. The van der Waals surface area contributed by atoms with Gasteiger partial charge in [0.05, 0.1) is 0 Å². The number of hydrogen-bond acceptors (Lipinski definition) is 3. The van der Waals surface area contributed by atoms with Gasteiger partial charge in [-0.1, -0.05) is 52.4 Å². The maximum Gasteiger partial charge on any atom is 0.224 e. The Kier molecular flexibility index (Phi) is 8.24. The van der Waals surface area contributed by atoms with Crippen LogP contribution < -0.4 is 4.90 Å². The van der Waals surface area contributed by atoms with Gasteiger partial charge in [0.25, 0.3) is 0 Å². The van der Waals surface area contributed by atoms with E-state index in [2.05, 4.69) is 23.8 Å². The molecule has 0 bridgehead atoms. The molecule has 0 radical (unpaired) electrons. The second kappa shape index (κ2) is 9.73. The van der Waals surface area contributed by atoms with Gasteiger partial charge >= 0.3 is 0 Å². The fourth-order valence-corrected chi connectivity index (χ4v) is 2.52. The quantitative estimate of drug-likeness (QED) is 0.576. The molecule has 0 saturated carbocycles. The highest BCUT2D eigenvalue weighted by molar-refractivity contribution is 5.27. The summed E-state index contributed by atoms with van der Waals surface area (Å²) in [5, 5.41) is 0. The highest BCUT2D eigenvalue weighted by Crippen LogP contribution is 2.27. The molecule has 3 nitrogen and oxygen atoms in total. The van der Waals surface area contributed by atoms with E-state index in [4.69, 9.17) is 0 Å². The van der Waals surface area contributed by atoms with Crippen molar-refractivity contribution in [2.75, 3.05) is 19.0 Å². The summed E-state index contributed by atoms with van der Waals surface area (Å²) in [7, 11) is 3.96. The van der Waals surface area contributed by atoms with Crippen LogP contribution in [0.5, 0.6) is 0 Å². The van der Waals surface area contributed by atoms with Crippen molar-refractivity contribution < 1.29 is 0 Å². The van der Waals surface area contributed by atoms with Gasteiger partial charge < -0.3 is 4.90 Å². The van der Waals surface area contributed by atoms with Crippen LogP contribution in [0.15, 0.2) is 12.4 Å². The van der Waals surface area contributed by atoms with Gasteiger partial charge in [0.15, 0.2) is 0 Å². The van der Waals surface area contributed by atoms with Gasteiger partial charge in [-0.2, -0.15) is 0 Å². The Bertz CT molecular complexity index is 346. The Hall–Kier alpha value is -1.12. The van der Waals surface area contributed by atoms with Crippen molar-refractivity contribution in [3.63, 3.8) is 0 Å². The van der Waals surface area contributed by atoms with Crippen LogP contribution >= 0.6 is 0 Å².